The van der Waals surface area contributed by atoms with Crippen LogP contribution in [0.4, 0.5) is 0 Å². The van der Waals surface area contributed by atoms with Gasteiger partial charge in [0.2, 0.25) is 0 Å². The molecule has 5 rings (SSSR count). The Labute approximate surface area is 205 Å². The van der Waals surface area contributed by atoms with E-state index in [0.29, 0.717) is 32.8 Å². The molecule has 0 aromatic carbocycles. The average Bonchev–Trinajstić information content (AvgIpc) is 3.58. The first-order valence-electron chi connectivity index (χ1n) is 9.95. The fourth-order valence-electron chi connectivity index (χ4n) is 3.61. The number of thiazole rings is 1. The number of thioether (sulfide) groups is 1. The van der Waals surface area contributed by atoms with Gasteiger partial charge in [0.05, 0.1) is 17.8 Å². The second-order valence-electron chi connectivity index (χ2n) is 7.35. The van der Waals surface area contributed by atoms with Gasteiger partial charge in [-0.25, -0.2) is 14.6 Å². The summed E-state index contributed by atoms with van der Waals surface area (Å²) >= 11 is 8.33. The molecule has 1 fully saturated rings. The minimum Gasteiger partial charge on any atom is -0.486 e. The maximum Gasteiger partial charge on any atom is 0.271 e. The van der Waals surface area contributed by atoms with Gasteiger partial charge in [-0.05, 0) is 6.07 Å². The van der Waals surface area contributed by atoms with E-state index >= 15 is 0 Å². The van der Waals surface area contributed by atoms with Crippen LogP contribution in [0.2, 0.25) is 5.02 Å². The summed E-state index contributed by atoms with van der Waals surface area (Å²) in [6, 6.07) is 0.680. The van der Waals surface area contributed by atoms with Gasteiger partial charge >= 0.3 is 0 Å². The van der Waals surface area contributed by atoms with Crippen LogP contribution in [0, 0.1) is 0 Å². The number of nitrogens with one attached hydrogen (secondary N) is 1. The number of hydrogen-bond donors (Lipinski definition) is 5. The minimum absolute atomic E-state index is 0.116. The maximum absolute atomic E-state index is 11.2. The molecule has 0 aliphatic carbocycles. The number of imidazole rings is 1. The van der Waals surface area contributed by atoms with E-state index in [-0.39, 0.29) is 5.19 Å². The first kappa shape index (κ1) is 23.2. The molecule has 15 heteroatoms. The predicted octanol–water partition coefficient (Wildman–Crippen LogP) is 1.32. The summed E-state index contributed by atoms with van der Waals surface area (Å²) in [6.07, 6.45) is 2.69. The number of H-pyrrole nitrogens is 1. The standard InChI is InChI=1S/C19H18ClN7O5S2/c20-8-3-12(13(23-4-8)17-21-1-2-22-17)34-18-16(30)14(15(29)11(6-28)32-18)27-5-9(25-26-27)10-7-33-19(31)24-10/h1-5,7,11,14-16,18,28-30H,6H2,(H,21,22)(H,24,31)/t11?,14?,15-,16?,18+/m0/s1. The van der Waals surface area contributed by atoms with Gasteiger partial charge in [0.1, 0.15) is 46.9 Å². The highest BCUT2D eigenvalue weighted by molar-refractivity contribution is 8.00. The van der Waals surface area contributed by atoms with E-state index in [1.807, 2.05) is 0 Å². The van der Waals surface area contributed by atoms with Crippen molar-refractivity contribution in [2.75, 3.05) is 6.61 Å². The number of ether oxygens (including phenoxy) is 1. The van der Waals surface area contributed by atoms with E-state index in [2.05, 4.69) is 30.2 Å². The van der Waals surface area contributed by atoms with Crippen LogP contribution in [-0.4, -0.2) is 85.7 Å². The number of aliphatic hydroxyl groups excluding tert-OH is 3. The van der Waals surface area contributed by atoms with Crippen LogP contribution in [0.1, 0.15) is 6.04 Å². The molecule has 1 aliphatic heterocycles. The number of nitrogens with zero attached hydrogens (tertiary/aromatic N) is 6. The van der Waals surface area contributed by atoms with Crippen molar-refractivity contribution in [2.45, 2.75) is 34.7 Å². The maximum atomic E-state index is 11.2. The molecule has 4 aromatic heterocycles. The lowest BCUT2D eigenvalue weighted by atomic mass is 9.97. The van der Waals surface area contributed by atoms with Crippen LogP contribution in [0.25, 0.3) is 22.9 Å². The number of aromatic amines is 1. The summed E-state index contributed by atoms with van der Waals surface area (Å²) < 4.78 is 7.14. The Balaban J connectivity index is 1.46. The number of aliphatic hydroxyl groups is 3. The first-order valence-corrected chi connectivity index (χ1v) is 12.1. The Kier molecular flexibility index (Phi) is 6.52. The second kappa shape index (κ2) is 9.58. The Morgan fingerprint density at radius 1 is 1.24 bits per heavy atom. The van der Waals surface area contributed by atoms with Gasteiger partial charge in [-0.15, -0.1) is 5.10 Å². The summed E-state index contributed by atoms with van der Waals surface area (Å²) in [5.41, 5.74) is 0.342. The third-order valence-electron chi connectivity index (χ3n) is 5.20. The molecule has 0 bridgehead atoms. The highest BCUT2D eigenvalue weighted by Gasteiger charge is 2.46. The van der Waals surface area contributed by atoms with Crippen molar-refractivity contribution in [3.8, 4) is 28.1 Å². The minimum atomic E-state index is -1.28. The Bertz CT molecular complexity index is 1270. The molecule has 5 heterocycles. The van der Waals surface area contributed by atoms with Crippen molar-refractivity contribution in [1.29, 1.82) is 0 Å². The SMILES string of the molecule is OCC1O[C@H](Sc2cc(Cl)cnc2-c2ncc[nH]2)C(O)C(n2cc(-c3csc(O)n3)nn2)[C@H]1O. The summed E-state index contributed by atoms with van der Waals surface area (Å²) in [4.78, 5) is 16.1. The number of halogens is 1. The highest BCUT2D eigenvalue weighted by Crippen LogP contribution is 2.41. The van der Waals surface area contributed by atoms with Crippen LogP contribution in [0.3, 0.4) is 0 Å². The van der Waals surface area contributed by atoms with E-state index in [4.69, 9.17) is 16.3 Å². The zero-order valence-electron chi connectivity index (χ0n) is 17.1. The second-order valence-corrected chi connectivity index (χ2v) is 9.77. The lowest BCUT2D eigenvalue weighted by Gasteiger charge is -2.41. The monoisotopic (exact) mass is 523 g/mol. The highest BCUT2D eigenvalue weighted by atomic mass is 35.5. The molecular weight excluding hydrogens is 506 g/mol. The number of rotatable bonds is 6. The van der Waals surface area contributed by atoms with Crippen LogP contribution < -0.4 is 0 Å². The molecule has 5 atom stereocenters. The zero-order valence-corrected chi connectivity index (χ0v) is 19.5. The predicted molar refractivity (Wildman–Crippen MR) is 122 cm³/mol. The summed E-state index contributed by atoms with van der Waals surface area (Å²) in [6.45, 7) is -0.484. The molecule has 12 nitrogen and oxygen atoms in total. The number of pyridine rings is 1. The Morgan fingerprint density at radius 2 is 2.09 bits per heavy atom. The Hall–Kier alpha value is -2.59. The average molecular weight is 524 g/mol. The number of aromatic hydroxyl groups is 1. The molecular formula is C19H18ClN7O5S2. The van der Waals surface area contributed by atoms with Crippen molar-refractivity contribution in [3.63, 3.8) is 0 Å². The molecule has 0 radical (unpaired) electrons. The van der Waals surface area contributed by atoms with E-state index in [1.54, 1.807) is 23.8 Å². The molecule has 3 unspecified atom stereocenters. The van der Waals surface area contributed by atoms with Gasteiger partial charge in [-0.2, -0.15) is 0 Å². The van der Waals surface area contributed by atoms with E-state index in [0.717, 1.165) is 23.1 Å². The van der Waals surface area contributed by atoms with Gasteiger partial charge in [0, 0.05) is 28.9 Å². The zero-order chi connectivity index (χ0) is 23.8. The molecule has 178 valence electrons. The van der Waals surface area contributed by atoms with Crippen LogP contribution >= 0.6 is 34.7 Å². The molecule has 4 aromatic rings. The van der Waals surface area contributed by atoms with Gasteiger partial charge in [0.25, 0.3) is 5.19 Å². The fourth-order valence-corrected chi connectivity index (χ4v) is 5.58. The summed E-state index contributed by atoms with van der Waals surface area (Å²) in [7, 11) is 0. The third kappa shape index (κ3) is 4.40. The smallest absolute Gasteiger partial charge is 0.271 e. The van der Waals surface area contributed by atoms with Crippen LogP contribution in [0.5, 0.6) is 5.19 Å². The van der Waals surface area contributed by atoms with Crippen LogP contribution in [0.15, 0.2) is 41.1 Å². The topological polar surface area (TPSA) is 175 Å². The largest absolute Gasteiger partial charge is 0.486 e. The molecule has 1 aliphatic rings. The van der Waals surface area contributed by atoms with Gasteiger partial charge in [-0.3, -0.25) is 4.98 Å². The van der Waals surface area contributed by atoms with Crippen molar-refractivity contribution in [1.82, 2.24) is 34.9 Å². The van der Waals surface area contributed by atoms with Gasteiger partial charge in [0.15, 0.2) is 5.82 Å². The lowest BCUT2D eigenvalue weighted by Crippen LogP contribution is -2.55. The first-order chi connectivity index (χ1) is 16.4. The summed E-state index contributed by atoms with van der Waals surface area (Å²) in [5, 5.41) is 51.3. The molecule has 0 amide bonds. The van der Waals surface area contributed by atoms with Crippen molar-refractivity contribution in [3.05, 3.63) is 41.3 Å². The van der Waals surface area contributed by atoms with Crippen LogP contribution in [-0.2, 0) is 4.74 Å². The molecule has 5 N–H and O–H groups in total. The molecule has 0 spiro atoms. The third-order valence-corrected chi connectivity index (χ3v) is 7.24. The van der Waals surface area contributed by atoms with Gasteiger partial charge < -0.3 is 30.1 Å². The van der Waals surface area contributed by atoms with E-state index < -0.39 is 36.4 Å². The number of hydrogen-bond acceptors (Lipinski definition) is 12. The van der Waals surface area contributed by atoms with E-state index in [9.17, 15) is 20.4 Å². The van der Waals surface area contributed by atoms with E-state index in [1.165, 1.54) is 17.1 Å². The van der Waals surface area contributed by atoms with Gasteiger partial charge in [-0.1, -0.05) is 39.9 Å². The van der Waals surface area contributed by atoms with Crippen molar-refractivity contribution in [2.24, 2.45) is 0 Å². The molecule has 34 heavy (non-hydrogen) atoms. The molecule has 0 saturated carbocycles. The van der Waals surface area contributed by atoms with Crippen molar-refractivity contribution >= 4 is 34.7 Å². The molecule has 1 saturated heterocycles. The number of aromatic nitrogens is 7. The summed E-state index contributed by atoms with van der Waals surface area (Å²) in [5.74, 6) is 0.507. The quantitative estimate of drug-likeness (QED) is 0.246. The van der Waals surface area contributed by atoms with Crippen molar-refractivity contribution < 1.29 is 25.2 Å². The Morgan fingerprint density at radius 3 is 2.79 bits per heavy atom. The lowest BCUT2D eigenvalue weighted by molar-refractivity contribution is -0.178. The fraction of sp³-hybridized carbons (Fsp3) is 0.316. The normalized spacial score (nSPS) is 25.0.